The highest BCUT2D eigenvalue weighted by molar-refractivity contribution is 5.94. The zero-order chi connectivity index (χ0) is 19.5. The summed E-state index contributed by atoms with van der Waals surface area (Å²) >= 11 is 0. The van der Waals surface area contributed by atoms with Crippen molar-refractivity contribution in [2.24, 2.45) is 7.05 Å². The highest BCUT2D eigenvalue weighted by Gasteiger charge is 2.23. The van der Waals surface area contributed by atoms with Crippen molar-refractivity contribution in [1.82, 2.24) is 0 Å². The number of hydrogen-bond donors (Lipinski definition) is 0. The van der Waals surface area contributed by atoms with Gasteiger partial charge >= 0.3 is 0 Å². The third-order valence-electron chi connectivity index (χ3n) is 5.99. The molecule has 26 heavy (non-hydrogen) atoms. The van der Waals surface area contributed by atoms with E-state index in [1.807, 2.05) is 0 Å². The maximum atomic E-state index is 8.74. The molecule has 0 aliphatic heterocycles. The van der Waals surface area contributed by atoms with Gasteiger partial charge in [0.15, 0.2) is 5.69 Å². The number of aryl methyl sites for hydroxylation is 3. The molecule has 4 rings (SSSR count). The summed E-state index contributed by atoms with van der Waals surface area (Å²) in [5, 5.41) is 2.25. The predicted octanol–water partition coefficient (Wildman–Crippen LogP) is 5.73. The molecule has 3 aromatic rings. The maximum absolute atomic E-state index is 8.74. The molecule has 1 nitrogen and oxygen atoms in total. The Morgan fingerprint density at radius 1 is 1.00 bits per heavy atom. The fourth-order valence-electron chi connectivity index (χ4n) is 4.28. The van der Waals surface area contributed by atoms with Crippen LogP contribution in [0.5, 0.6) is 0 Å². The van der Waals surface area contributed by atoms with E-state index in [0.29, 0.717) is 6.04 Å². The van der Waals surface area contributed by atoms with Gasteiger partial charge in [-0.05, 0) is 71.4 Å². The number of rotatable bonds is 1. The normalized spacial score (nSPS) is 14.6. The van der Waals surface area contributed by atoms with E-state index in [9.17, 15) is 0 Å². The molecule has 0 N–H and O–H groups in total. The number of fused-ring (bicyclic) bond motifs is 2. The summed E-state index contributed by atoms with van der Waals surface area (Å²) in [4.78, 5) is 0. The van der Waals surface area contributed by atoms with E-state index in [-0.39, 0.29) is 5.41 Å². The first-order valence-electron chi connectivity index (χ1n) is 10.2. The highest BCUT2D eigenvalue weighted by Crippen LogP contribution is 2.35. The number of hydrogen-bond acceptors (Lipinski definition) is 0. The van der Waals surface area contributed by atoms with Crippen molar-refractivity contribution in [3.05, 3.63) is 64.3 Å². The molecule has 0 saturated heterocycles. The lowest BCUT2D eigenvalue weighted by Crippen LogP contribution is -2.35. The molecular weight excluding hydrogens is 314 g/mol. The minimum atomic E-state index is 0.0796. The maximum Gasteiger partial charge on any atom is 0.220 e. The molecule has 134 valence electrons. The Morgan fingerprint density at radius 2 is 1.69 bits per heavy atom. The van der Waals surface area contributed by atoms with Gasteiger partial charge in [-0.3, -0.25) is 0 Å². The Morgan fingerprint density at radius 3 is 2.38 bits per heavy atom. The number of benzene rings is 2. The van der Waals surface area contributed by atoms with Crippen molar-refractivity contribution in [2.75, 3.05) is 0 Å². The van der Waals surface area contributed by atoms with Gasteiger partial charge in [-0.2, -0.15) is 4.57 Å². The van der Waals surface area contributed by atoms with E-state index in [1.165, 1.54) is 58.2 Å². The number of nitrogens with zero attached hydrogens (tertiary/aromatic N) is 1. The second-order valence-corrected chi connectivity index (χ2v) is 8.92. The molecule has 1 aliphatic rings. The quantitative estimate of drug-likeness (QED) is 0.496. The van der Waals surface area contributed by atoms with Crippen LogP contribution in [-0.2, 0) is 25.3 Å². The van der Waals surface area contributed by atoms with Gasteiger partial charge in [-0.1, -0.05) is 39.0 Å². The van der Waals surface area contributed by atoms with Gasteiger partial charge in [0.1, 0.15) is 7.05 Å². The largest absolute Gasteiger partial charge is 0.220 e. The van der Waals surface area contributed by atoms with E-state index >= 15 is 0 Å². The van der Waals surface area contributed by atoms with Crippen LogP contribution in [0.3, 0.4) is 0 Å². The number of pyridine rings is 1. The summed E-state index contributed by atoms with van der Waals surface area (Å²) in [6, 6.07) is 12.1. The molecule has 0 atom stereocenters. The monoisotopic (exact) mass is 345 g/mol. The van der Waals surface area contributed by atoms with E-state index in [0.717, 1.165) is 11.1 Å². The summed E-state index contributed by atoms with van der Waals surface area (Å²) in [6.07, 6.45) is 3.67. The van der Waals surface area contributed by atoms with Crippen LogP contribution in [-0.4, -0.2) is 0 Å². The Kier molecular flexibility index (Phi) is 3.67. The summed E-state index contributed by atoms with van der Waals surface area (Å²) in [6.45, 7) is 11.0. The van der Waals surface area contributed by atoms with Gasteiger partial charge in [-0.15, -0.1) is 0 Å². The lowest BCUT2D eigenvalue weighted by molar-refractivity contribution is -0.665. The molecule has 0 fully saturated rings. The molecule has 1 aliphatic carbocycles. The molecule has 0 bridgehead atoms. The van der Waals surface area contributed by atoms with E-state index < -0.39 is 0 Å². The predicted molar refractivity (Wildman–Crippen MR) is 111 cm³/mol. The summed E-state index contributed by atoms with van der Waals surface area (Å²) in [5.41, 5.74) is 9.30. The third kappa shape index (κ3) is 2.74. The minimum absolute atomic E-state index is 0.0796. The summed E-state index contributed by atoms with van der Waals surface area (Å²) in [5.74, 6) is 0. The molecule has 0 spiro atoms. The summed E-state index contributed by atoms with van der Waals surface area (Å²) < 4.78 is 11.0. The average Bonchev–Trinajstić information content (AvgIpc) is 3.06. The second-order valence-electron chi connectivity index (χ2n) is 8.92. The van der Waals surface area contributed by atoms with Gasteiger partial charge in [0, 0.05) is 13.0 Å². The standard InChI is InChI=1S/C25H30N/c1-16-12-18-8-7-9-19(18)15-23(16)24-22-11-10-21(25(3,4)5)14-20(22)13-17(2)26(24)6/h10-15H,7-9H2,1-6H3/q+1/i13D. The van der Waals surface area contributed by atoms with Crippen LogP contribution in [0, 0.1) is 13.8 Å². The van der Waals surface area contributed by atoms with E-state index in [1.54, 1.807) is 0 Å². The minimum Gasteiger partial charge on any atom is -0.198 e. The lowest BCUT2D eigenvalue weighted by Gasteiger charge is -2.20. The number of aromatic nitrogens is 1. The molecule has 1 heteroatoms. The van der Waals surface area contributed by atoms with Crippen molar-refractivity contribution >= 4 is 10.8 Å². The second kappa shape index (κ2) is 5.94. The SMILES string of the molecule is [2H]c1c(C)[n+](C)c(-c2cc3c(cc2C)CCC3)c2ccc(C(C)(C)C)cc12. The summed E-state index contributed by atoms with van der Waals surface area (Å²) in [7, 11) is 2.10. The van der Waals surface area contributed by atoms with Gasteiger partial charge < -0.3 is 0 Å². The molecule has 1 aromatic heterocycles. The molecule has 0 unspecified atom stereocenters. The first-order chi connectivity index (χ1) is 12.7. The lowest BCUT2D eigenvalue weighted by atomic mass is 9.85. The van der Waals surface area contributed by atoms with Crippen LogP contribution in [0.2, 0.25) is 0 Å². The van der Waals surface area contributed by atoms with Gasteiger partial charge in [-0.25, -0.2) is 0 Å². The van der Waals surface area contributed by atoms with Crippen LogP contribution < -0.4 is 4.57 Å². The van der Waals surface area contributed by atoms with Crippen LogP contribution >= 0.6 is 0 Å². The molecule has 2 aromatic carbocycles. The Balaban J connectivity index is 2.07. The van der Waals surface area contributed by atoms with Crippen LogP contribution in [0.1, 0.15) is 56.5 Å². The van der Waals surface area contributed by atoms with Crippen molar-refractivity contribution in [2.45, 2.75) is 59.3 Å². The van der Waals surface area contributed by atoms with Crippen molar-refractivity contribution < 1.29 is 5.94 Å². The van der Waals surface area contributed by atoms with Gasteiger partial charge in [0.25, 0.3) is 0 Å². The van der Waals surface area contributed by atoms with Crippen molar-refractivity contribution in [3.8, 4) is 11.3 Å². The first-order valence-corrected chi connectivity index (χ1v) is 9.74. The fraction of sp³-hybridized carbons (Fsp3) is 0.400. The van der Waals surface area contributed by atoms with Gasteiger partial charge in [0.2, 0.25) is 5.69 Å². The molecule has 0 amide bonds. The molecular formula is C25H30N+. The highest BCUT2D eigenvalue weighted by atomic mass is 14.9. The zero-order valence-corrected chi connectivity index (χ0v) is 17.0. The smallest absolute Gasteiger partial charge is 0.198 e. The van der Waals surface area contributed by atoms with Crippen LogP contribution in [0.25, 0.3) is 22.0 Å². The fourth-order valence-corrected chi connectivity index (χ4v) is 4.28. The van der Waals surface area contributed by atoms with Crippen LogP contribution in [0.15, 0.2) is 36.4 Å². The van der Waals surface area contributed by atoms with Gasteiger partial charge in [0.05, 0.1) is 12.3 Å². The molecule has 0 saturated carbocycles. The molecule has 1 heterocycles. The Hall–Kier alpha value is -2.15. The zero-order valence-electron chi connectivity index (χ0n) is 18.0. The molecule has 0 radical (unpaired) electrons. The first kappa shape index (κ1) is 16.1. The van der Waals surface area contributed by atoms with Crippen molar-refractivity contribution in [1.29, 1.82) is 0 Å². The Labute approximate surface area is 159 Å². The topological polar surface area (TPSA) is 3.88 Å². The van der Waals surface area contributed by atoms with Crippen molar-refractivity contribution in [3.63, 3.8) is 0 Å². The average molecular weight is 346 g/mol. The third-order valence-corrected chi connectivity index (χ3v) is 5.99. The van der Waals surface area contributed by atoms with E-state index in [2.05, 4.69) is 76.6 Å². The van der Waals surface area contributed by atoms with Crippen LogP contribution in [0.4, 0.5) is 0 Å². The Bertz CT molecular complexity index is 1070. The van der Waals surface area contributed by atoms with E-state index in [4.69, 9.17) is 1.37 Å².